The number of carbonyl (C=O) groups is 1. The zero-order valence-electron chi connectivity index (χ0n) is 12.8. The fraction of sp³-hybridized carbons (Fsp3) is 0.176. The predicted molar refractivity (Wildman–Crippen MR) is 95.3 cm³/mol. The highest BCUT2D eigenvalue weighted by atomic mass is 32.1. The van der Waals surface area contributed by atoms with Crippen LogP contribution in [0.3, 0.4) is 0 Å². The molecule has 0 aliphatic rings. The van der Waals surface area contributed by atoms with Crippen LogP contribution in [0.2, 0.25) is 0 Å². The molecule has 0 fully saturated rings. The summed E-state index contributed by atoms with van der Waals surface area (Å²) in [5.74, 6) is 0.605. The van der Waals surface area contributed by atoms with Crippen molar-refractivity contribution in [3.05, 3.63) is 60.2 Å². The van der Waals surface area contributed by atoms with E-state index in [4.69, 9.17) is 17.0 Å². The largest absolute Gasteiger partial charge is 0.497 e. The van der Waals surface area contributed by atoms with Crippen LogP contribution in [-0.4, -0.2) is 18.1 Å². The number of ether oxygens (including phenoxy) is 1. The maximum atomic E-state index is 11.8. The first-order valence-corrected chi connectivity index (χ1v) is 7.62. The summed E-state index contributed by atoms with van der Waals surface area (Å²) in [7, 11) is 1.60. The average Bonchev–Trinajstić information content (AvgIpc) is 2.59. The van der Waals surface area contributed by atoms with Crippen LogP contribution in [-0.2, 0) is 11.2 Å². The van der Waals surface area contributed by atoms with Crippen molar-refractivity contribution in [1.82, 2.24) is 10.9 Å². The Morgan fingerprint density at radius 1 is 1.09 bits per heavy atom. The maximum absolute atomic E-state index is 11.8. The number of anilines is 1. The number of carbonyl (C=O) groups excluding carboxylic acids is 1. The van der Waals surface area contributed by atoms with Crippen LogP contribution >= 0.6 is 12.2 Å². The van der Waals surface area contributed by atoms with Crippen LogP contribution in [0.4, 0.5) is 5.69 Å². The van der Waals surface area contributed by atoms with Gasteiger partial charge in [-0.05, 0) is 36.3 Å². The monoisotopic (exact) mass is 329 g/mol. The normalized spacial score (nSPS) is 9.78. The highest BCUT2D eigenvalue weighted by Gasteiger charge is 2.03. The summed E-state index contributed by atoms with van der Waals surface area (Å²) in [5.41, 5.74) is 7.17. The van der Waals surface area contributed by atoms with Crippen molar-refractivity contribution in [3.63, 3.8) is 0 Å². The van der Waals surface area contributed by atoms with Gasteiger partial charge in [0.25, 0.3) is 0 Å². The van der Waals surface area contributed by atoms with Crippen LogP contribution < -0.4 is 20.9 Å². The fourth-order valence-electron chi connectivity index (χ4n) is 1.95. The van der Waals surface area contributed by atoms with Crippen molar-refractivity contribution in [2.75, 3.05) is 12.4 Å². The van der Waals surface area contributed by atoms with Crippen molar-refractivity contribution in [2.45, 2.75) is 12.8 Å². The van der Waals surface area contributed by atoms with Gasteiger partial charge in [-0.15, -0.1) is 0 Å². The molecule has 0 spiro atoms. The first-order valence-electron chi connectivity index (χ1n) is 7.21. The Hall–Kier alpha value is -2.60. The number of amides is 1. The number of aryl methyl sites for hydroxylation is 1. The van der Waals surface area contributed by atoms with Gasteiger partial charge in [0.05, 0.1) is 7.11 Å². The smallest absolute Gasteiger partial charge is 0.238 e. The molecule has 0 radical (unpaired) electrons. The molecule has 0 aliphatic carbocycles. The summed E-state index contributed by atoms with van der Waals surface area (Å²) in [4.78, 5) is 11.8. The van der Waals surface area contributed by atoms with E-state index in [9.17, 15) is 4.79 Å². The number of rotatable bonds is 5. The lowest BCUT2D eigenvalue weighted by atomic mass is 10.1. The third kappa shape index (κ3) is 5.96. The number of hydrazine groups is 1. The maximum Gasteiger partial charge on any atom is 0.238 e. The fourth-order valence-corrected chi connectivity index (χ4v) is 2.12. The zero-order chi connectivity index (χ0) is 16.5. The minimum atomic E-state index is -0.122. The Morgan fingerprint density at radius 3 is 2.61 bits per heavy atom. The Kier molecular flexibility index (Phi) is 6.38. The molecule has 2 rings (SSSR count). The van der Waals surface area contributed by atoms with Gasteiger partial charge in [-0.1, -0.05) is 36.4 Å². The van der Waals surface area contributed by atoms with Gasteiger partial charge < -0.3 is 10.1 Å². The van der Waals surface area contributed by atoms with E-state index in [1.165, 1.54) is 0 Å². The number of hydrogen-bond donors (Lipinski definition) is 3. The van der Waals surface area contributed by atoms with E-state index < -0.39 is 0 Å². The van der Waals surface area contributed by atoms with Crippen LogP contribution in [0.1, 0.15) is 12.0 Å². The van der Waals surface area contributed by atoms with E-state index in [-0.39, 0.29) is 5.91 Å². The van der Waals surface area contributed by atoms with Crippen LogP contribution in [0, 0.1) is 0 Å². The number of benzene rings is 2. The third-order valence-corrected chi connectivity index (χ3v) is 3.33. The Balaban J connectivity index is 1.72. The molecule has 2 aromatic rings. The van der Waals surface area contributed by atoms with Crippen LogP contribution in [0.5, 0.6) is 5.75 Å². The molecule has 6 heteroatoms. The number of nitrogens with one attached hydrogen (secondary N) is 3. The second-order valence-corrected chi connectivity index (χ2v) is 5.25. The molecule has 120 valence electrons. The van der Waals surface area contributed by atoms with E-state index >= 15 is 0 Å². The minimum absolute atomic E-state index is 0.122. The second kappa shape index (κ2) is 8.75. The van der Waals surface area contributed by atoms with Crippen molar-refractivity contribution >= 4 is 28.9 Å². The lowest BCUT2D eigenvalue weighted by Gasteiger charge is -2.12. The van der Waals surface area contributed by atoms with E-state index in [0.717, 1.165) is 17.0 Å². The summed E-state index contributed by atoms with van der Waals surface area (Å²) >= 11 is 5.13. The first-order chi connectivity index (χ1) is 11.2. The Morgan fingerprint density at radius 2 is 1.87 bits per heavy atom. The number of thiocarbonyl (C=S) groups is 1. The molecular formula is C17H19N3O2S. The van der Waals surface area contributed by atoms with Gasteiger partial charge in [-0.3, -0.25) is 15.6 Å². The third-order valence-electron chi connectivity index (χ3n) is 3.13. The molecule has 0 aliphatic heterocycles. The standard InChI is InChI=1S/C17H19N3O2S/c1-22-15-9-5-8-14(12-15)18-17(23)20-19-16(21)11-10-13-6-3-2-4-7-13/h2-9,12H,10-11H2,1H3,(H,19,21)(H2,18,20,23). The van der Waals surface area contributed by atoms with Crippen molar-refractivity contribution < 1.29 is 9.53 Å². The molecule has 2 aromatic carbocycles. The number of methoxy groups -OCH3 is 1. The van der Waals surface area contributed by atoms with Crippen molar-refractivity contribution in [3.8, 4) is 5.75 Å². The lowest BCUT2D eigenvalue weighted by molar-refractivity contribution is -0.121. The van der Waals surface area contributed by atoms with Gasteiger partial charge in [-0.25, -0.2) is 0 Å². The molecule has 0 atom stereocenters. The lowest BCUT2D eigenvalue weighted by Crippen LogP contribution is -2.43. The Labute approximate surface area is 141 Å². The van der Waals surface area contributed by atoms with Crippen molar-refractivity contribution in [2.24, 2.45) is 0 Å². The van der Waals surface area contributed by atoms with E-state index in [2.05, 4.69) is 16.2 Å². The summed E-state index contributed by atoms with van der Waals surface area (Å²) in [6.45, 7) is 0. The minimum Gasteiger partial charge on any atom is -0.497 e. The highest BCUT2D eigenvalue weighted by Crippen LogP contribution is 2.16. The van der Waals surface area contributed by atoms with Gasteiger partial charge in [0.1, 0.15) is 5.75 Å². The number of hydrogen-bond acceptors (Lipinski definition) is 3. The second-order valence-electron chi connectivity index (χ2n) is 4.84. The summed E-state index contributed by atoms with van der Waals surface area (Å²) in [5, 5.41) is 3.28. The SMILES string of the molecule is COc1cccc(NC(=S)NNC(=O)CCc2ccccc2)c1. The molecule has 0 bridgehead atoms. The molecular weight excluding hydrogens is 310 g/mol. The van der Waals surface area contributed by atoms with E-state index in [1.807, 2.05) is 54.6 Å². The molecule has 0 heterocycles. The molecule has 0 saturated heterocycles. The summed E-state index contributed by atoms with van der Waals surface area (Å²) in [6.07, 6.45) is 1.07. The highest BCUT2D eigenvalue weighted by molar-refractivity contribution is 7.80. The van der Waals surface area contributed by atoms with Gasteiger partial charge >= 0.3 is 0 Å². The molecule has 23 heavy (non-hydrogen) atoms. The topological polar surface area (TPSA) is 62.4 Å². The van der Waals surface area contributed by atoms with Crippen molar-refractivity contribution in [1.29, 1.82) is 0 Å². The summed E-state index contributed by atoms with van der Waals surface area (Å²) in [6, 6.07) is 17.2. The molecule has 0 unspecified atom stereocenters. The van der Waals surface area contributed by atoms with Gasteiger partial charge in [-0.2, -0.15) is 0 Å². The molecule has 0 saturated carbocycles. The van der Waals surface area contributed by atoms with Crippen LogP contribution in [0.15, 0.2) is 54.6 Å². The molecule has 5 nitrogen and oxygen atoms in total. The predicted octanol–water partition coefficient (Wildman–Crippen LogP) is 2.65. The van der Waals surface area contributed by atoms with E-state index in [1.54, 1.807) is 7.11 Å². The quantitative estimate of drug-likeness (QED) is 0.581. The Bertz CT molecular complexity index is 662. The molecule has 3 N–H and O–H groups in total. The van der Waals surface area contributed by atoms with Gasteiger partial charge in [0.15, 0.2) is 5.11 Å². The first kappa shape index (κ1) is 16.8. The zero-order valence-corrected chi connectivity index (χ0v) is 13.7. The van der Waals surface area contributed by atoms with Gasteiger partial charge in [0.2, 0.25) is 5.91 Å². The molecule has 0 aromatic heterocycles. The van der Waals surface area contributed by atoms with Gasteiger partial charge in [0, 0.05) is 18.2 Å². The molecule has 1 amide bonds. The van der Waals surface area contributed by atoms with E-state index in [0.29, 0.717) is 18.0 Å². The summed E-state index contributed by atoms with van der Waals surface area (Å²) < 4.78 is 5.14. The average molecular weight is 329 g/mol. The van der Waals surface area contributed by atoms with Crippen LogP contribution in [0.25, 0.3) is 0 Å².